The maximum absolute atomic E-state index is 13.6. The first-order valence-corrected chi connectivity index (χ1v) is 29.8. The number of rotatable bonds is 44. The molecule has 0 bridgehead atoms. The standard InChI is InChI=1S/C59H108N6O11/c1-5-7-9-11-13-15-17-19-21-23-25-27-29-35-58(73)75-52-53(76-59(74)36-30-28-26-24-22-20-18-16-14-12-10-8-6-2)47-60(3)37-31-32-38-61(4)54(66)48-62-39-33-40-64(50-56(69)70)45-46-65(51-57(71)72)42-34-41-63(44-43-62)49-55(67)68/h15-18,53H,5-14,19-52H2,1-4H3,(H,67,68)(H,69,70)(H,71,72)/b17-15+,18-16+. The number of esters is 2. The van der Waals surface area contributed by atoms with Crippen LogP contribution in [0.25, 0.3) is 0 Å². The van der Waals surface area contributed by atoms with Gasteiger partial charge in [0.1, 0.15) is 12.7 Å². The Balaban J connectivity index is 2.73. The first kappa shape index (κ1) is 70.1. The number of hydrogen-bond acceptors (Lipinski definition) is 13. The lowest BCUT2D eigenvalue weighted by Gasteiger charge is -2.31. The summed E-state index contributed by atoms with van der Waals surface area (Å²) < 4.78 is 11.7. The van der Waals surface area contributed by atoms with Gasteiger partial charge in [0.25, 0.3) is 0 Å². The summed E-state index contributed by atoms with van der Waals surface area (Å²) in [6, 6.07) is 0. The van der Waals surface area contributed by atoms with Crippen LogP contribution in [0.1, 0.15) is 194 Å². The lowest BCUT2D eigenvalue weighted by molar-refractivity contribution is -0.160. The maximum atomic E-state index is 13.6. The SMILES string of the molecule is CCCCCC/C=C/CCCCCCCC(=O)OCC(CN(C)CCCCN(C)C(=O)CN1CCCN(CC(=O)O)CCN(CC(=O)O)CCCN(CC(=O)O)CC1)OC(=O)CCCCCCC/C=C/CCCCCC. The molecule has 1 fully saturated rings. The van der Waals surface area contributed by atoms with Gasteiger partial charge in [0.05, 0.1) is 26.2 Å². The predicted molar refractivity (Wildman–Crippen MR) is 304 cm³/mol. The molecule has 1 heterocycles. The molecule has 1 amide bonds. The number of ether oxygens (including phenoxy) is 2. The van der Waals surface area contributed by atoms with Crippen molar-refractivity contribution in [2.75, 3.05) is 119 Å². The highest BCUT2D eigenvalue weighted by Crippen LogP contribution is 2.14. The number of allylic oxidation sites excluding steroid dienone is 4. The summed E-state index contributed by atoms with van der Waals surface area (Å²) in [6.45, 7) is 9.03. The Morgan fingerprint density at radius 3 is 1.25 bits per heavy atom. The summed E-state index contributed by atoms with van der Waals surface area (Å²) in [5, 5.41) is 28.6. The van der Waals surface area contributed by atoms with E-state index in [0.717, 1.165) is 83.5 Å². The predicted octanol–water partition coefficient (Wildman–Crippen LogP) is 9.38. The number of amides is 1. The van der Waals surface area contributed by atoms with E-state index in [1.165, 1.54) is 70.6 Å². The van der Waals surface area contributed by atoms with Gasteiger partial charge in [-0.05, 0) is 110 Å². The summed E-state index contributed by atoms with van der Waals surface area (Å²) in [4.78, 5) is 85.7. The Bertz CT molecular complexity index is 1580. The Morgan fingerprint density at radius 1 is 0.461 bits per heavy atom. The average Bonchev–Trinajstić information content (AvgIpc) is 3.36. The summed E-state index contributed by atoms with van der Waals surface area (Å²) in [6.07, 6.45) is 37.1. The van der Waals surface area contributed by atoms with Gasteiger partial charge in [0.15, 0.2) is 0 Å². The number of carboxylic acids is 3. The van der Waals surface area contributed by atoms with Gasteiger partial charge in [-0.15, -0.1) is 0 Å². The molecule has 17 heteroatoms. The number of nitrogens with zero attached hydrogens (tertiary/aromatic N) is 6. The molecule has 17 nitrogen and oxygen atoms in total. The van der Waals surface area contributed by atoms with Crippen molar-refractivity contribution in [2.45, 2.75) is 200 Å². The van der Waals surface area contributed by atoms with Crippen molar-refractivity contribution in [3.8, 4) is 0 Å². The number of likely N-dealkylation sites (N-methyl/N-ethyl adjacent to an activating group) is 2. The molecule has 0 saturated carbocycles. The van der Waals surface area contributed by atoms with Crippen LogP contribution in [-0.4, -0.2) is 205 Å². The molecular weight excluding hydrogens is 969 g/mol. The fourth-order valence-electron chi connectivity index (χ4n) is 9.46. The normalized spacial score (nSPS) is 15.5. The van der Waals surface area contributed by atoms with E-state index >= 15 is 0 Å². The molecule has 0 spiro atoms. The molecule has 0 aliphatic carbocycles. The van der Waals surface area contributed by atoms with Gasteiger partial charge in [-0.2, -0.15) is 0 Å². The topological polar surface area (TPSA) is 201 Å². The summed E-state index contributed by atoms with van der Waals surface area (Å²) in [5.41, 5.74) is 0. The molecule has 1 saturated heterocycles. The van der Waals surface area contributed by atoms with Crippen LogP contribution in [0.15, 0.2) is 24.3 Å². The van der Waals surface area contributed by atoms with E-state index < -0.39 is 24.0 Å². The number of unbranched alkanes of at least 4 members (excludes halogenated alkanes) is 19. The number of carbonyl (C=O) groups is 6. The van der Waals surface area contributed by atoms with Crippen LogP contribution in [-0.2, 0) is 38.2 Å². The number of carbonyl (C=O) groups excluding carboxylic acids is 3. The monoisotopic (exact) mass is 1080 g/mol. The third kappa shape index (κ3) is 43.1. The first-order chi connectivity index (χ1) is 36.7. The highest BCUT2D eigenvalue weighted by atomic mass is 16.6. The molecule has 0 aromatic carbocycles. The van der Waals surface area contributed by atoms with Gasteiger partial charge in [-0.1, -0.05) is 115 Å². The van der Waals surface area contributed by atoms with Crippen LogP contribution in [0.3, 0.4) is 0 Å². The van der Waals surface area contributed by atoms with Crippen molar-refractivity contribution >= 4 is 35.8 Å². The van der Waals surface area contributed by atoms with Crippen LogP contribution < -0.4 is 0 Å². The van der Waals surface area contributed by atoms with Crippen LogP contribution in [0.5, 0.6) is 0 Å². The van der Waals surface area contributed by atoms with Crippen molar-refractivity contribution in [1.29, 1.82) is 0 Å². The van der Waals surface area contributed by atoms with E-state index in [1.807, 2.05) is 16.8 Å². The molecule has 3 N–H and O–H groups in total. The number of aliphatic carboxylic acids is 3. The zero-order chi connectivity index (χ0) is 55.9. The molecule has 0 aromatic heterocycles. The number of carboxylic acid groups (broad SMARTS) is 3. The second kappa shape index (κ2) is 48.2. The maximum Gasteiger partial charge on any atom is 0.317 e. The Labute approximate surface area is 460 Å². The van der Waals surface area contributed by atoms with Crippen LogP contribution in [0.2, 0.25) is 0 Å². The minimum absolute atomic E-state index is 0.0105. The van der Waals surface area contributed by atoms with E-state index in [-0.39, 0.29) is 50.6 Å². The Hall–Kier alpha value is -3.90. The molecule has 1 atom stereocenters. The van der Waals surface area contributed by atoms with Crippen molar-refractivity contribution in [1.82, 2.24) is 29.4 Å². The van der Waals surface area contributed by atoms with Gasteiger partial charge >= 0.3 is 29.8 Å². The van der Waals surface area contributed by atoms with Crippen LogP contribution in [0.4, 0.5) is 0 Å². The van der Waals surface area contributed by atoms with Crippen LogP contribution >= 0.6 is 0 Å². The fourth-order valence-corrected chi connectivity index (χ4v) is 9.46. The van der Waals surface area contributed by atoms with Crippen molar-refractivity contribution in [2.24, 2.45) is 0 Å². The quantitative estimate of drug-likeness (QED) is 0.0296. The molecule has 0 radical (unpaired) electrons. The van der Waals surface area contributed by atoms with E-state index in [4.69, 9.17) is 9.47 Å². The summed E-state index contributed by atoms with van der Waals surface area (Å²) in [7, 11) is 3.74. The molecule has 76 heavy (non-hydrogen) atoms. The van der Waals surface area contributed by atoms with Crippen molar-refractivity contribution in [3.05, 3.63) is 24.3 Å². The molecule has 1 unspecified atom stereocenters. The lowest BCUT2D eigenvalue weighted by Crippen LogP contribution is -2.46. The summed E-state index contributed by atoms with van der Waals surface area (Å²) in [5.74, 6) is -3.53. The lowest BCUT2D eigenvalue weighted by atomic mass is 10.1. The van der Waals surface area contributed by atoms with E-state index in [0.29, 0.717) is 97.7 Å². The van der Waals surface area contributed by atoms with Gasteiger partial charge in [-0.3, -0.25) is 48.4 Å². The number of hydrogen-bond donors (Lipinski definition) is 3. The van der Waals surface area contributed by atoms with Crippen molar-refractivity contribution < 1.29 is 53.6 Å². The molecule has 1 aliphatic heterocycles. The average molecular weight is 1080 g/mol. The zero-order valence-electron chi connectivity index (χ0n) is 48.3. The fraction of sp³-hybridized carbons (Fsp3) is 0.831. The zero-order valence-corrected chi connectivity index (χ0v) is 48.3. The molecule has 0 aromatic rings. The first-order valence-electron chi connectivity index (χ1n) is 29.8. The minimum Gasteiger partial charge on any atom is -0.480 e. The molecule has 1 aliphatic rings. The van der Waals surface area contributed by atoms with Gasteiger partial charge in [0.2, 0.25) is 5.91 Å². The van der Waals surface area contributed by atoms with Gasteiger partial charge in [-0.25, -0.2) is 0 Å². The summed E-state index contributed by atoms with van der Waals surface area (Å²) >= 11 is 0. The molecule has 1 rings (SSSR count). The van der Waals surface area contributed by atoms with E-state index in [2.05, 4.69) is 43.1 Å². The largest absolute Gasteiger partial charge is 0.480 e. The Kier molecular flexibility index (Phi) is 44.5. The highest BCUT2D eigenvalue weighted by Gasteiger charge is 2.22. The molecule has 440 valence electrons. The second-order valence-electron chi connectivity index (χ2n) is 21.3. The van der Waals surface area contributed by atoms with E-state index in [1.54, 1.807) is 21.7 Å². The van der Waals surface area contributed by atoms with Crippen molar-refractivity contribution in [3.63, 3.8) is 0 Å². The van der Waals surface area contributed by atoms with Gasteiger partial charge in [0, 0.05) is 78.8 Å². The third-order valence-electron chi connectivity index (χ3n) is 14.0. The molecular formula is C59H108N6O11. The second-order valence-corrected chi connectivity index (χ2v) is 21.3. The highest BCUT2D eigenvalue weighted by molar-refractivity contribution is 5.78. The van der Waals surface area contributed by atoms with Gasteiger partial charge < -0.3 is 34.6 Å². The van der Waals surface area contributed by atoms with E-state index in [9.17, 15) is 44.1 Å². The Morgan fingerprint density at radius 2 is 0.829 bits per heavy atom. The van der Waals surface area contributed by atoms with Crippen LogP contribution in [0, 0.1) is 0 Å². The third-order valence-corrected chi connectivity index (χ3v) is 14.0. The smallest absolute Gasteiger partial charge is 0.317 e. The minimum atomic E-state index is -0.979.